The van der Waals surface area contributed by atoms with Crippen molar-refractivity contribution >= 4 is 29.0 Å². The second-order valence-electron chi connectivity index (χ2n) is 4.71. The van der Waals surface area contributed by atoms with E-state index < -0.39 is 0 Å². The van der Waals surface area contributed by atoms with Crippen molar-refractivity contribution in [1.82, 2.24) is 0 Å². The highest BCUT2D eigenvalue weighted by molar-refractivity contribution is 6.42. The molecule has 1 nitrogen and oxygen atoms in total. The van der Waals surface area contributed by atoms with Gasteiger partial charge in [0.25, 0.3) is 0 Å². The lowest BCUT2D eigenvalue weighted by atomic mass is 9.99. The molecule has 0 saturated heterocycles. The molecule has 0 fully saturated rings. The van der Waals surface area contributed by atoms with Crippen molar-refractivity contribution in [2.45, 2.75) is 19.8 Å². The maximum atomic E-state index is 13.2. The predicted octanol–water partition coefficient (Wildman–Crippen LogP) is 4.80. The average molecular weight is 311 g/mol. The molecule has 0 aliphatic carbocycles. The minimum absolute atomic E-state index is 0.0112. The van der Waals surface area contributed by atoms with E-state index in [1.165, 1.54) is 12.1 Å². The Kier molecular flexibility index (Phi) is 4.79. The molecule has 0 atom stereocenters. The van der Waals surface area contributed by atoms with Crippen molar-refractivity contribution < 1.29 is 9.18 Å². The Labute approximate surface area is 127 Å². The van der Waals surface area contributed by atoms with E-state index in [1.807, 2.05) is 6.92 Å². The Bertz CT molecular complexity index is 653. The molecular formula is C16H13Cl2FO. The summed E-state index contributed by atoms with van der Waals surface area (Å²) < 4.78 is 13.2. The SMILES string of the molecule is Cc1ccc(F)cc1CC(=O)Cc1ccc(Cl)c(Cl)c1. The molecule has 0 amide bonds. The molecule has 0 N–H and O–H groups in total. The van der Waals surface area contributed by atoms with Crippen molar-refractivity contribution in [3.8, 4) is 0 Å². The molecule has 0 heterocycles. The van der Waals surface area contributed by atoms with Gasteiger partial charge in [-0.2, -0.15) is 0 Å². The third kappa shape index (κ3) is 3.81. The first kappa shape index (κ1) is 15.0. The Morgan fingerprint density at radius 2 is 1.80 bits per heavy atom. The van der Waals surface area contributed by atoms with Crippen LogP contribution in [0.15, 0.2) is 36.4 Å². The van der Waals surface area contributed by atoms with E-state index in [1.54, 1.807) is 24.3 Å². The molecule has 20 heavy (non-hydrogen) atoms. The summed E-state index contributed by atoms with van der Waals surface area (Å²) in [5.41, 5.74) is 2.43. The summed E-state index contributed by atoms with van der Waals surface area (Å²) in [7, 11) is 0. The third-order valence-electron chi connectivity index (χ3n) is 3.08. The van der Waals surface area contributed by atoms with Crippen LogP contribution in [-0.4, -0.2) is 5.78 Å². The molecule has 4 heteroatoms. The second kappa shape index (κ2) is 6.38. The number of halogens is 3. The number of rotatable bonds is 4. The van der Waals surface area contributed by atoms with Crippen molar-refractivity contribution in [2.24, 2.45) is 0 Å². The van der Waals surface area contributed by atoms with E-state index in [2.05, 4.69) is 0 Å². The summed E-state index contributed by atoms with van der Waals surface area (Å²) in [5, 5.41) is 0.891. The number of benzene rings is 2. The molecule has 0 aliphatic heterocycles. The Balaban J connectivity index is 2.09. The zero-order chi connectivity index (χ0) is 14.7. The van der Waals surface area contributed by atoms with Crippen LogP contribution in [0.1, 0.15) is 16.7 Å². The molecule has 0 aromatic heterocycles. The monoisotopic (exact) mass is 310 g/mol. The zero-order valence-electron chi connectivity index (χ0n) is 10.9. The third-order valence-corrected chi connectivity index (χ3v) is 3.82. The highest BCUT2D eigenvalue weighted by Gasteiger charge is 2.09. The van der Waals surface area contributed by atoms with Crippen LogP contribution in [0.3, 0.4) is 0 Å². The van der Waals surface area contributed by atoms with Crippen LogP contribution in [0.2, 0.25) is 10.0 Å². The molecule has 0 radical (unpaired) electrons. The van der Waals surface area contributed by atoms with E-state index in [0.717, 1.165) is 16.7 Å². The topological polar surface area (TPSA) is 17.1 Å². The smallest absolute Gasteiger partial charge is 0.141 e. The van der Waals surface area contributed by atoms with Gasteiger partial charge in [0.2, 0.25) is 0 Å². The van der Waals surface area contributed by atoms with E-state index in [0.29, 0.717) is 10.0 Å². The summed E-state index contributed by atoms with van der Waals surface area (Å²) in [6, 6.07) is 9.59. The van der Waals surface area contributed by atoms with E-state index in [-0.39, 0.29) is 24.4 Å². The molecular weight excluding hydrogens is 298 g/mol. The van der Waals surface area contributed by atoms with Gasteiger partial charge in [0, 0.05) is 12.8 Å². The van der Waals surface area contributed by atoms with Crippen LogP contribution in [-0.2, 0) is 17.6 Å². The van der Waals surface area contributed by atoms with Crippen molar-refractivity contribution in [2.75, 3.05) is 0 Å². The molecule has 104 valence electrons. The van der Waals surface area contributed by atoms with Gasteiger partial charge in [-0.25, -0.2) is 4.39 Å². The number of ketones is 1. The van der Waals surface area contributed by atoms with Crippen LogP contribution in [0.25, 0.3) is 0 Å². The molecule has 0 saturated carbocycles. The normalized spacial score (nSPS) is 10.6. The molecule has 2 aromatic rings. The average Bonchev–Trinajstić information content (AvgIpc) is 2.38. The Morgan fingerprint density at radius 1 is 1.05 bits per heavy atom. The number of carbonyl (C=O) groups excluding carboxylic acids is 1. The maximum absolute atomic E-state index is 13.2. The first-order valence-corrected chi connectivity index (χ1v) is 6.92. The van der Waals surface area contributed by atoms with Crippen molar-refractivity contribution in [3.63, 3.8) is 0 Å². The van der Waals surface area contributed by atoms with E-state index in [9.17, 15) is 9.18 Å². The first-order chi connectivity index (χ1) is 9.45. The highest BCUT2D eigenvalue weighted by atomic mass is 35.5. The fraction of sp³-hybridized carbons (Fsp3) is 0.188. The molecule has 0 bridgehead atoms. The Morgan fingerprint density at radius 3 is 2.50 bits per heavy atom. The molecule has 2 aromatic carbocycles. The van der Waals surface area contributed by atoms with Gasteiger partial charge in [0.05, 0.1) is 10.0 Å². The van der Waals surface area contributed by atoms with Crippen molar-refractivity contribution in [1.29, 1.82) is 0 Å². The summed E-state index contributed by atoms with van der Waals surface area (Å²) >= 11 is 11.7. The molecule has 2 rings (SSSR count). The highest BCUT2D eigenvalue weighted by Crippen LogP contribution is 2.23. The Hall–Kier alpha value is -1.38. The van der Waals surface area contributed by atoms with Gasteiger partial charge in [-0.15, -0.1) is 0 Å². The lowest BCUT2D eigenvalue weighted by Gasteiger charge is -2.06. The minimum Gasteiger partial charge on any atom is -0.299 e. The number of carbonyl (C=O) groups is 1. The van der Waals surface area contributed by atoms with Crippen LogP contribution in [0, 0.1) is 12.7 Å². The fourth-order valence-electron chi connectivity index (χ4n) is 1.98. The van der Waals surface area contributed by atoms with Gasteiger partial charge in [0.1, 0.15) is 11.6 Å². The van der Waals surface area contributed by atoms with Gasteiger partial charge in [0.15, 0.2) is 0 Å². The van der Waals surface area contributed by atoms with Gasteiger partial charge in [-0.05, 0) is 47.9 Å². The van der Waals surface area contributed by atoms with Crippen LogP contribution in [0.4, 0.5) is 4.39 Å². The number of Topliss-reactive ketones (excluding diaryl/α,β-unsaturated/α-hetero) is 1. The second-order valence-corrected chi connectivity index (χ2v) is 5.53. The number of hydrogen-bond acceptors (Lipinski definition) is 1. The maximum Gasteiger partial charge on any atom is 0.141 e. The molecule has 0 unspecified atom stereocenters. The van der Waals surface area contributed by atoms with Gasteiger partial charge < -0.3 is 0 Å². The lowest BCUT2D eigenvalue weighted by molar-refractivity contribution is -0.117. The van der Waals surface area contributed by atoms with E-state index >= 15 is 0 Å². The number of aryl methyl sites for hydroxylation is 1. The number of hydrogen-bond donors (Lipinski definition) is 0. The lowest BCUT2D eigenvalue weighted by Crippen LogP contribution is -2.08. The van der Waals surface area contributed by atoms with Crippen LogP contribution < -0.4 is 0 Å². The predicted molar refractivity (Wildman–Crippen MR) is 80.0 cm³/mol. The molecule has 0 spiro atoms. The summed E-state index contributed by atoms with van der Waals surface area (Å²) in [6.07, 6.45) is 0.469. The summed E-state index contributed by atoms with van der Waals surface area (Å²) in [4.78, 5) is 12.0. The van der Waals surface area contributed by atoms with Gasteiger partial charge >= 0.3 is 0 Å². The van der Waals surface area contributed by atoms with Crippen LogP contribution >= 0.6 is 23.2 Å². The fourth-order valence-corrected chi connectivity index (χ4v) is 2.30. The van der Waals surface area contributed by atoms with Gasteiger partial charge in [-0.1, -0.05) is 35.3 Å². The van der Waals surface area contributed by atoms with E-state index in [4.69, 9.17) is 23.2 Å². The van der Waals surface area contributed by atoms with Crippen molar-refractivity contribution in [3.05, 3.63) is 69.0 Å². The quantitative estimate of drug-likeness (QED) is 0.793. The zero-order valence-corrected chi connectivity index (χ0v) is 12.4. The molecule has 0 aliphatic rings. The first-order valence-electron chi connectivity index (χ1n) is 6.16. The van der Waals surface area contributed by atoms with Gasteiger partial charge in [-0.3, -0.25) is 4.79 Å². The summed E-state index contributed by atoms with van der Waals surface area (Å²) in [5.74, 6) is -0.315. The minimum atomic E-state index is -0.326. The standard InChI is InChI=1S/C16H13Cl2FO/c1-10-2-4-13(19)8-12(10)9-14(20)6-11-3-5-15(17)16(18)7-11/h2-5,7-8H,6,9H2,1H3. The largest absolute Gasteiger partial charge is 0.299 e. The van der Waals surface area contributed by atoms with Crippen LogP contribution in [0.5, 0.6) is 0 Å². The summed E-state index contributed by atoms with van der Waals surface area (Å²) in [6.45, 7) is 1.86.